The molecular formula is C32H32N2O6. The minimum absolute atomic E-state index is 0.0584. The van der Waals surface area contributed by atoms with Gasteiger partial charge >= 0.3 is 0 Å². The molecule has 0 saturated heterocycles. The number of aromatic hydroxyl groups is 1. The van der Waals surface area contributed by atoms with Crippen molar-refractivity contribution in [2.45, 2.75) is 31.6 Å². The summed E-state index contributed by atoms with van der Waals surface area (Å²) in [7, 11) is 4.71. The number of amides is 1. The number of Topliss-reactive ketones (excluding diaryl/α,β-unsaturated/α-hetero) is 1. The number of hydrogen-bond donors (Lipinski definition) is 3. The molecule has 3 N–H and O–H groups in total. The van der Waals surface area contributed by atoms with Crippen LogP contribution >= 0.6 is 0 Å². The number of carbonyl (C=O) groups is 2. The molecule has 3 aromatic carbocycles. The van der Waals surface area contributed by atoms with E-state index in [0.29, 0.717) is 51.8 Å². The van der Waals surface area contributed by atoms with E-state index < -0.39 is 5.92 Å². The fourth-order valence-electron chi connectivity index (χ4n) is 5.66. The van der Waals surface area contributed by atoms with Crippen molar-refractivity contribution in [2.24, 2.45) is 0 Å². The van der Waals surface area contributed by atoms with E-state index in [4.69, 9.17) is 14.2 Å². The predicted molar refractivity (Wildman–Crippen MR) is 152 cm³/mol. The lowest BCUT2D eigenvalue weighted by Gasteiger charge is -2.37. The first-order valence-corrected chi connectivity index (χ1v) is 13.0. The Balaban J connectivity index is 1.55. The molecule has 2 aliphatic rings. The first-order valence-electron chi connectivity index (χ1n) is 13.0. The SMILES string of the molecule is COc1ccccc1NC(=O)C1=C(C)NC2=C(C(=O)CC(c3ccc(OC)c(OC)c3)C2)C1c1cccc(O)c1. The second kappa shape index (κ2) is 11.2. The minimum atomic E-state index is -0.656. The highest BCUT2D eigenvalue weighted by molar-refractivity contribution is 6.10. The Bertz CT molecular complexity index is 1540. The zero-order valence-electron chi connectivity index (χ0n) is 22.9. The summed E-state index contributed by atoms with van der Waals surface area (Å²) in [5, 5.41) is 16.7. The number of hydrogen-bond acceptors (Lipinski definition) is 7. The Hall–Kier alpha value is -4.72. The van der Waals surface area contributed by atoms with Crippen molar-refractivity contribution in [1.82, 2.24) is 5.32 Å². The molecule has 1 amide bonds. The molecule has 0 saturated carbocycles. The van der Waals surface area contributed by atoms with Crippen LogP contribution in [0.5, 0.6) is 23.0 Å². The zero-order chi connectivity index (χ0) is 28.4. The van der Waals surface area contributed by atoms with E-state index in [-0.39, 0.29) is 29.8 Å². The average Bonchev–Trinajstić information content (AvgIpc) is 2.96. The van der Waals surface area contributed by atoms with E-state index in [9.17, 15) is 14.7 Å². The first-order chi connectivity index (χ1) is 19.3. The van der Waals surface area contributed by atoms with Crippen LogP contribution in [-0.4, -0.2) is 38.1 Å². The van der Waals surface area contributed by atoms with Crippen LogP contribution in [0.2, 0.25) is 0 Å². The number of ether oxygens (including phenoxy) is 3. The van der Waals surface area contributed by atoms with Crippen LogP contribution in [0, 0.1) is 0 Å². The molecule has 40 heavy (non-hydrogen) atoms. The number of nitrogens with one attached hydrogen (secondary N) is 2. The highest BCUT2D eigenvalue weighted by atomic mass is 16.5. The molecule has 0 spiro atoms. The third-order valence-electron chi connectivity index (χ3n) is 7.51. The smallest absolute Gasteiger partial charge is 0.254 e. The van der Waals surface area contributed by atoms with Gasteiger partial charge in [-0.25, -0.2) is 0 Å². The number of para-hydroxylation sites is 2. The Morgan fingerprint density at radius 2 is 1.62 bits per heavy atom. The molecule has 0 fully saturated rings. The molecule has 0 radical (unpaired) electrons. The van der Waals surface area contributed by atoms with Gasteiger partial charge in [-0.2, -0.15) is 0 Å². The number of allylic oxidation sites excluding steroid dienone is 3. The molecule has 0 bridgehead atoms. The number of methoxy groups -OCH3 is 3. The maximum Gasteiger partial charge on any atom is 0.254 e. The van der Waals surface area contributed by atoms with Gasteiger partial charge in [0.15, 0.2) is 17.3 Å². The van der Waals surface area contributed by atoms with Crippen molar-refractivity contribution < 1.29 is 28.9 Å². The van der Waals surface area contributed by atoms with E-state index in [0.717, 1.165) is 11.3 Å². The number of phenolic OH excluding ortho intramolecular Hbond substituents is 1. The van der Waals surface area contributed by atoms with Gasteiger partial charge in [0, 0.05) is 34.9 Å². The van der Waals surface area contributed by atoms with E-state index in [1.54, 1.807) is 51.7 Å². The number of dihydropyridines is 1. The lowest BCUT2D eigenvalue weighted by Crippen LogP contribution is -2.37. The van der Waals surface area contributed by atoms with Gasteiger partial charge in [-0.15, -0.1) is 0 Å². The Morgan fingerprint density at radius 1 is 0.875 bits per heavy atom. The second-order valence-corrected chi connectivity index (χ2v) is 9.88. The number of anilines is 1. The predicted octanol–water partition coefficient (Wildman–Crippen LogP) is 5.42. The van der Waals surface area contributed by atoms with Gasteiger partial charge in [0.05, 0.1) is 27.0 Å². The molecular weight excluding hydrogens is 508 g/mol. The molecule has 1 aliphatic heterocycles. The maximum absolute atomic E-state index is 13.9. The lowest BCUT2D eigenvalue weighted by molar-refractivity contribution is -0.116. The molecule has 8 nitrogen and oxygen atoms in total. The monoisotopic (exact) mass is 540 g/mol. The van der Waals surface area contributed by atoms with Gasteiger partial charge in [-0.05, 0) is 66.8 Å². The van der Waals surface area contributed by atoms with E-state index in [2.05, 4.69) is 10.6 Å². The van der Waals surface area contributed by atoms with E-state index in [1.165, 1.54) is 0 Å². The molecule has 8 heteroatoms. The molecule has 2 atom stereocenters. The highest BCUT2D eigenvalue weighted by Gasteiger charge is 2.41. The van der Waals surface area contributed by atoms with E-state index >= 15 is 0 Å². The van der Waals surface area contributed by atoms with Crippen LogP contribution in [0.25, 0.3) is 0 Å². The fraction of sp³-hybridized carbons (Fsp3) is 0.250. The number of rotatable bonds is 7. The summed E-state index contributed by atoms with van der Waals surface area (Å²) in [5.41, 5.74) is 4.52. The third-order valence-corrected chi connectivity index (χ3v) is 7.51. The zero-order valence-corrected chi connectivity index (χ0v) is 22.9. The average molecular weight is 541 g/mol. The molecule has 0 aromatic heterocycles. The summed E-state index contributed by atoms with van der Waals surface area (Å²) in [5.74, 6) is 0.661. The van der Waals surface area contributed by atoms with Crippen LogP contribution in [-0.2, 0) is 9.59 Å². The molecule has 206 valence electrons. The van der Waals surface area contributed by atoms with Crippen LogP contribution < -0.4 is 24.8 Å². The van der Waals surface area contributed by atoms with Crippen molar-refractivity contribution in [1.29, 1.82) is 0 Å². The van der Waals surface area contributed by atoms with Crippen LogP contribution in [0.15, 0.2) is 89.3 Å². The Kier molecular flexibility index (Phi) is 7.51. The normalized spacial score (nSPS) is 18.6. The van der Waals surface area contributed by atoms with Gasteiger partial charge in [-0.3, -0.25) is 9.59 Å². The number of carbonyl (C=O) groups excluding carboxylic acids is 2. The Labute approximate surface area is 233 Å². The standard InChI is InChI=1S/C32H32N2O6/c1-18-29(32(37)34-23-10-5-6-11-26(23)38-2)30(20-8-7-9-22(35)14-20)31-24(33-18)15-21(16-25(31)36)19-12-13-27(39-3)28(17-19)40-4/h5-14,17,21,30,33,35H,15-16H2,1-4H3,(H,34,37). The van der Waals surface area contributed by atoms with E-state index in [1.807, 2.05) is 43.3 Å². The largest absolute Gasteiger partial charge is 0.508 e. The van der Waals surface area contributed by atoms with Gasteiger partial charge in [0.1, 0.15) is 11.5 Å². The van der Waals surface area contributed by atoms with Crippen LogP contribution in [0.4, 0.5) is 5.69 Å². The highest BCUT2D eigenvalue weighted by Crippen LogP contribution is 2.47. The van der Waals surface area contributed by atoms with Crippen LogP contribution in [0.1, 0.15) is 42.7 Å². The number of benzene rings is 3. The lowest BCUT2D eigenvalue weighted by atomic mass is 9.71. The summed E-state index contributed by atoms with van der Waals surface area (Å²) in [6, 6.07) is 19.6. The van der Waals surface area contributed by atoms with Crippen molar-refractivity contribution in [3.63, 3.8) is 0 Å². The third kappa shape index (κ3) is 5.00. The van der Waals surface area contributed by atoms with Crippen LogP contribution in [0.3, 0.4) is 0 Å². The quantitative estimate of drug-likeness (QED) is 0.368. The Morgan fingerprint density at radius 3 is 2.35 bits per heavy atom. The molecule has 5 rings (SSSR count). The maximum atomic E-state index is 13.9. The van der Waals surface area contributed by atoms with Crippen molar-refractivity contribution in [3.05, 3.63) is 100 Å². The van der Waals surface area contributed by atoms with Gasteiger partial charge in [-0.1, -0.05) is 30.3 Å². The van der Waals surface area contributed by atoms with Gasteiger partial charge in [0.25, 0.3) is 5.91 Å². The number of ketones is 1. The topological polar surface area (TPSA) is 106 Å². The molecule has 2 unspecified atom stereocenters. The second-order valence-electron chi connectivity index (χ2n) is 9.88. The summed E-state index contributed by atoms with van der Waals surface area (Å²) < 4.78 is 16.3. The van der Waals surface area contributed by atoms with Gasteiger partial charge in [0.2, 0.25) is 0 Å². The molecule has 3 aromatic rings. The summed E-state index contributed by atoms with van der Waals surface area (Å²) in [4.78, 5) is 27.7. The fourth-order valence-corrected chi connectivity index (χ4v) is 5.66. The number of phenols is 1. The molecule has 1 heterocycles. The molecule has 1 aliphatic carbocycles. The minimum Gasteiger partial charge on any atom is -0.508 e. The van der Waals surface area contributed by atoms with Crippen molar-refractivity contribution in [3.8, 4) is 23.0 Å². The summed E-state index contributed by atoms with van der Waals surface area (Å²) in [6.45, 7) is 1.83. The first kappa shape index (κ1) is 26.9. The summed E-state index contributed by atoms with van der Waals surface area (Å²) >= 11 is 0. The van der Waals surface area contributed by atoms with Crippen molar-refractivity contribution in [2.75, 3.05) is 26.6 Å². The van der Waals surface area contributed by atoms with Crippen molar-refractivity contribution >= 4 is 17.4 Å². The van der Waals surface area contributed by atoms with Gasteiger partial charge < -0.3 is 30.0 Å². The summed E-state index contributed by atoms with van der Waals surface area (Å²) in [6.07, 6.45) is 0.844.